The van der Waals surface area contributed by atoms with Gasteiger partial charge in [0.05, 0.1) is 17.4 Å². The summed E-state index contributed by atoms with van der Waals surface area (Å²) in [6.07, 6.45) is 3.67. The Morgan fingerprint density at radius 2 is 2.11 bits per heavy atom. The van der Waals surface area contributed by atoms with Gasteiger partial charge in [0, 0.05) is 24.8 Å². The van der Waals surface area contributed by atoms with E-state index < -0.39 is 0 Å². The van der Waals surface area contributed by atoms with Crippen LogP contribution in [0.5, 0.6) is 0 Å². The number of nitrogens with two attached hydrogens (primary N) is 1. The molecule has 1 unspecified atom stereocenters. The number of pyridine rings is 1. The molecule has 0 fully saturated rings. The van der Waals surface area contributed by atoms with E-state index in [4.69, 9.17) is 5.73 Å². The molecule has 2 N–H and O–H groups in total. The normalized spacial score (nSPS) is 12.8. The molecular weight excluding hydrogens is 236 g/mol. The van der Waals surface area contributed by atoms with Crippen LogP contribution in [-0.2, 0) is 7.05 Å². The van der Waals surface area contributed by atoms with Crippen molar-refractivity contribution < 1.29 is 0 Å². The van der Waals surface area contributed by atoms with Crippen LogP contribution in [0.4, 0.5) is 0 Å². The second-order valence-electron chi connectivity index (χ2n) is 4.76. The first-order valence-electron chi connectivity index (χ1n) is 6.25. The standard InChI is InChI=1S/C15H16N4/c1-10-8-14(19(2)18-10)15(16)12-5-3-4-11-6-7-17-9-13(11)12/h3-9,15H,16H2,1-2H3. The first-order valence-corrected chi connectivity index (χ1v) is 6.25. The molecule has 0 amide bonds. The lowest BCUT2D eigenvalue weighted by atomic mass is 9.98. The maximum Gasteiger partial charge on any atom is 0.0729 e. The molecule has 0 saturated heterocycles. The predicted molar refractivity (Wildman–Crippen MR) is 75.7 cm³/mol. The number of benzene rings is 1. The Labute approximate surface area is 111 Å². The van der Waals surface area contributed by atoms with Gasteiger partial charge in [0.1, 0.15) is 0 Å². The van der Waals surface area contributed by atoms with Crippen molar-refractivity contribution in [2.45, 2.75) is 13.0 Å². The molecule has 3 rings (SSSR count). The van der Waals surface area contributed by atoms with Crippen molar-refractivity contribution in [3.05, 3.63) is 59.7 Å². The Bertz CT molecular complexity index is 725. The summed E-state index contributed by atoms with van der Waals surface area (Å²) < 4.78 is 1.84. The van der Waals surface area contributed by atoms with Gasteiger partial charge in [-0.15, -0.1) is 0 Å². The van der Waals surface area contributed by atoms with Crippen molar-refractivity contribution in [2.75, 3.05) is 0 Å². The van der Waals surface area contributed by atoms with Crippen molar-refractivity contribution in [1.29, 1.82) is 0 Å². The first-order chi connectivity index (χ1) is 9.16. The smallest absolute Gasteiger partial charge is 0.0729 e. The predicted octanol–water partition coefficient (Wildman–Crippen LogP) is 2.32. The van der Waals surface area contributed by atoms with Gasteiger partial charge in [0.2, 0.25) is 0 Å². The fraction of sp³-hybridized carbons (Fsp3) is 0.200. The molecule has 4 nitrogen and oxygen atoms in total. The summed E-state index contributed by atoms with van der Waals surface area (Å²) >= 11 is 0. The van der Waals surface area contributed by atoms with E-state index in [1.165, 1.54) is 0 Å². The molecule has 3 aromatic rings. The molecule has 4 heteroatoms. The molecule has 0 aliphatic carbocycles. The fourth-order valence-electron chi connectivity index (χ4n) is 2.49. The molecule has 0 aliphatic heterocycles. The Balaban J connectivity index is 2.16. The van der Waals surface area contributed by atoms with Crippen molar-refractivity contribution in [3.8, 4) is 0 Å². The number of aromatic nitrogens is 3. The number of hydrogen-bond donors (Lipinski definition) is 1. The third-order valence-electron chi connectivity index (χ3n) is 3.41. The van der Waals surface area contributed by atoms with E-state index in [0.717, 1.165) is 27.7 Å². The van der Waals surface area contributed by atoms with E-state index in [0.29, 0.717) is 0 Å². The summed E-state index contributed by atoms with van der Waals surface area (Å²) in [5.74, 6) is 0. The minimum Gasteiger partial charge on any atom is -0.319 e. The molecular formula is C15H16N4. The van der Waals surface area contributed by atoms with Crippen molar-refractivity contribution >= 4 is 10.8 Å². The highest BCUT2D eigenvalue weighted by atomic mass is 15.3. The molecule has 0 radical (unpaired) electrons. The molecule has 0 bridgehead atoms. The van der Waals surface area contributed by atoms with Crippen LogP contribution in [-0.4, -0.2) is 14.8 Å². The number of aryl methyl sites for hydroxylation is 2. The summed E-state index contributed by atoms with van der Waals surface area (Å²) in [6.45, 7) is 1.97. The summed E-state index contributed by atoms with van der Waals surface area (Å²) in [5.41, 5.74) is 9.47. The van der Waals surface area contributed by atoms with E-state index in [1.54, 1.807) is 6.20 Å². The second-order valence-corrected chi connectivity index (χ2v) is 4.76. The van der Waals surface area contributed by atoms with Gasteiger partial charge in [-0.3, -0.25) is 9.67 Å². The van der Waals surface area contributed by atoms with Crippen LogP contribution in [0.3, 0.4) is 0 Å². The third-order valence-corrected chi connectivity index (χ3v) is 3.41. The molecule has 0 aliphatic rings. The lowest BCUT2D eigenvalue weighted by molar-refractivity contribution is 0.671. The molecule has 1 atom stereocenters. The number of fused-ring (bicyclic) bond motifs is 1. The van der Waals surface area contributed by atoms with Gasteiger partial charge in [-0.25, -0.2) is 0 Å². The molecule has 2 heterocycles. The van der Waals surface area contributed by atoms with Crippen LogP contribution in [0, 0.1) is 6.92 Å². The topological polar surface area (TPSA) is 56.7 Å². The summed E-state index contributed by atoms with van der Waals surface area (Å²) in [4.78, 5) is 4.20. The van der Waals surface area contributed by atoms with Gasteiger partial charge in [0.25, 0.3) is 0 Å². The average Bonchev–Trinajstić information content (AvgIpc) is 2.76. The lowest BCUT2D eigenvalue weighted by Gasteiger charge is -2.14. The largest absolute Gasteiger partial charge is 0.319 e. The van der Waals surface area contributed by atoms with E-state index in [2.05, 4.69) is 22.2 Å². The van der Waals surface area contributed by atoms with Gasteiger partial charge >= 0.3 is 0 Å². The van der Waals surface area contributed by atoms with E-state index in [-0.39, 0.29) is 6.04 Å². The number of nitrogens with zero attached hydrogens (tertiary/aromatic N) is 3. The van der Waals surface area contributed by atoms with Crippen LogP contribution < -0.4 is 5.73 Å². The van der Waals surface area contributed by atoms with E-state index in [9.17, 15) is 0 Å². The molecule has 1 aromatic carbocycles. The summed E-state index contributed by atoms with van der Waals surface area (Å²) in [5, 5.41) is 6.61. The number of hydrogen-bond acceptors (Lipinski definition) is 3. The highest BCUT2D eigenvalue weighted by molar-refractivity contribution is 5.85. The maximum absolute atomic E-state index is 6.41. The molecule has 19 heavy (non-hydrogen) atoms. The number of rotatable bonds is 2. The van der Waals surface area contributed by atoms with Crippen LogP contribution in [0.25, 0.3) is 10.8 Å². The average molecular weight is 252 g/mol. The zero-order valence-corrected chi connectivity index (χ0v) is 11.0. The van der Waals surface area contributed by atoms with Gasteiger partial charge in [0.15, 0.2) is 0 Å². The van der Waals surface area contributed by atoms with Gasteiger partial charge in [-0.1, -0.05) is 18.2 Å². The summed E-state index contributed by atoms with van der Waals surface area (Å²) in [7, 11) is 1.92. The van der Waals surface area contributed by atoms with Gasteiger partial charge in [-0.05, 0) is 30.0 Å². The SMILES string of the molecule is Cc1cc(C(N)c2cccc3ccncc23)n(C)n1. The monoisotopic (exact) mass is 252 g/mol. The quantitative estimate of drug-likeness (QED) is 0.761. The molecule has 2 aromatic heterocycles. The molecule has 96 valence electrons. The van der Waals surface area contributed by atoms with Crippen molar-refractivity contribution in [3.63, 3.8) is 0 Å². The fourth-order valence-corrected chi connectivity index (χ4v) is 2.49. The molecule has 0 saturated carbocycles. The van der Waals surface area contributed by atoms with Crippen molar-refractivity contribution in [2.24, 2.45) is 12.8 Å². The second kappa shape index (κ2) is 4.48. The lowest BCUT2D eigenvalue weighted by Crippen LogP contribution is -2.16. The Kier molecular flexibility index (Phi) is 2.80. The van der Waals surface area contributed by atoms with Gasteiger partial charge < -0.3 is 5.73 Å². The van der Waals surface area contributed by atoms with E-state index >= 15 is 0 Å². The van der Waals surface area contributed by atoms with Gasteiger partial charge in [-0.2, -0.15) is 5.10 Å². The van der Waals surface area contributed by atoms with E-state index in [1.807, 2.05) is 43.0 Å². The van der Waals surface area contributed by atoms with Crippen molar-refractivity contribution in [1.82, 2.24) is 14.8 Å². The zero-order chi connectivity index (χ0) is 13.4. The Morgan fingerprint density at radius 1 is 1.26 bits per heavy atom. The highest BCUT2D eigenvalue weighted by Crippen LogP contribution is 2.26. The minimum atomic E-state index is -0.195. The maximum atomic E-state index is 6.41. The minimum absolute atomic E-state index is 0.195. The molecule has 0 spiro atoms. The van der Waals surface area contributed by atoms with Crippen LogP contribution in [0.1, 0.15) is 23.0 Å². The van der Waals surface area contributed by atoms with Crippen LogP contribution in [0.2, 0.25) is 0 Å². The Morgan fingerprint density at radius 3 is 2.84 bits per heavy atom. The van der Waals surface area contributed by atoms with Crippen LogP contribution in [0.15, 0.2) is 42.7 Å². The Hall–Kier alpha value is -2.20. The van der Waals surface area contributed by atoms with Crippen LogP contribution >= 0.6 is 0 Å². The summed E-state index contributed by atoms with van der Waals surface area (Å²) in [6, 6.07) is 9.98. The third kappa shape index (κ3) is 2.00. The first kappa shape index (κ1) is 11.9. The zero-order valence-electron chi connectivity index (χ0n) is 11.0. The highest BCUT2D eigenvalue weighted by Gasteiger charge is 2.16.